The van der Waals surface area contributed by atoms with Crippen LogP contribution in [0.2, 0.25) is 0 Å². The van der Waals surface area contributed by atoms with Gasteiger partial charge in [-0.1, -0.05) is 6.07 Å². The first kappa shape index (κ1) is 15.4. The Hall–Kier alpha value is -1.95. The Morgan fingerprint density at radius 3 is 2.71 bits per heavy atom. The highest BCUT2D eigenvalue weighted by Gasteiger charge is 2.12. The van der Waals surface area contributed by atoms with Gasteiger partial charge in [-0.15, -0.1) is 11.3 Å². The second-order valence-corrected chi connectivity index (χ2v) is 5.53. The van der Waals surface area contributed by atoms with Crippen LogP contribution in [-0.4, -0.2) is 33.9 Å². The van der Waals surface area contributed by atoms with Gasteiger partial charge >= 0.3 is 0 Å². The van der Waals surface area contributed by atoms with Crippen molar-refractivity contribution in [2.24, 2.45) is 0 Å². The molecule has 0 atom stereocenters. The van der Waals surface area contributed by atoms with Crippen molar-refractivity contribution >= 4 is 28.2 Å². The molecule has 0 fully saturated rings. The molecular weight excluding hydrogens is 284 g/mol. The summed E-state index contributed by atoms with van der Waals surface area (Å²) < 4.78 is 0. The maximum Gasteiger partial charge on any atom is 0.228 e. The lowest BCUT2D eigenvalue weighted by Gasteiger charge is -2.17. The van der Waals surface area contributed by atoms with Crippen molar-refractivity contribution < 1.29 is 4.79 Å². The Morgan fingerprint density at radius 2 is 2.05 bits per heavy atom. The Morgan fingerprint density at radius 1 is 1.29 bits per heavy atom. The van der Waals surface area contributed by atoms with E-state index in [4.69, 9.17) is 0 Å². The van der Waals surface area contributed by atoms with Gasteiger partial charge in [-0.05, 0) is 32.9 Å². The van der Waals surface area contributed by atoms with Crippen LogP contribution < -0.4 is 5.32 Å². The van der Waals surface area contributed by atoms with Crippen molar-refractivity contribution in [3.63, 3.8) is 0 Å². The third-order valence-electron chi connectivity index (χ3n) is 3.12. The van der Waals surface area contributed by atoms with E-state index in [1.165, 1.54) is 11.3 Å². The summed E-state index contributed by atoms with van der Waals surface area (Å²) >= 11 is 1.49. The minimum Gasteiger partial charge on any atom is -0.343 e. The summed E-state index contributed by atoms with van der Waals surface area (Å²) in [6, 6.07) is 5.79. The van der Waals surface area contributed by atoms with Crippen LogP contribution in [0.25, 0.3) is 0 Å². The Bertz CT molecular complexity index is 607. The molecule has 0 aromatic carbocycles. The van der Waals surface area contributed by atoms with E-state index in [0.717, 1.165) is 35.4 Å². The number of aromatic nitrogens is 2. The van der Waals surface area contributed by atoms with Gasteiger partial charge in [-0.25, -0.2) is 9.97 Å². The molecule has 5 nitrogen and oxygen atoms in total. The maximum atomic E-state index is 12.0. The molecule has 0 bridgehead atoms. The standard InChI is InChI=1S/C15H20N4OS/c1-4-19(5-2)14(20)9-12-10-21-15(17-12)18-13-8-6-7-11(3)16-13/h6-8,10H,4-5,9H2,1-3H3,(H,16,17,18). The van der Waals surface area contributed by atoms with Crippen molar-refractivity contribution in [3.8, 4) is 0 Å². The molecule has 21 heavy (non-hydrogen) atoms. The van der Waals surface area contributed by atoms with Crippen LogP contribution in [0.4, 0.5) is 10.9 Å². The van der Waals surface area contributed by atoms with Gasteiger partial charge in [0.25, 0.3) is 0 Å². The highest BCUT2D eigenvalue weighted by atomic mass is 32.1. The largest absolute Gasteiger partial charge is 0.343 e. The average molecular weight is 304 g/mol. The molecule has 2 aromatic rings. The molecule has 0 radical (unpaired) electrons. The van der Waals surface area contributed by atoms with Gasteiger partial charge in [-0.3, -0.25) is 4.79 Å². The number of likely N-dealkylation sites (N-methyl/N-ethyl adjacent to an activating group) is 1. The number of pyridine rings is 1. The van der Waals surface area contributed by atoms with Crippen LogP contribution in [0.3, 0.4) is 0 Å². The number of nitrogens with zero attached hydrogens (tertiary/aromatic N) is 3. The number of nitrogens with one attached hydrogen (secondary N) is 1. The number of anilines is 2. The summed E-state index contributed by atoms with van der Waals surface area (Å²) in [5, 5.41) is 5.84. The second-order valence-electron chi connectivity index (χ2n) is 4.68. The zero-order chi connectivity index (χ0) is 15.2. The fourth-order valence-electron chi connectivity index (χ4n) is 2.01. The molecule has 0 saturated carbocycles. The van der Waals surface area contributed by atoms with Crippen molar-refractivity contribution in [1.29, 1.82) is 0 Å². The number of rotatable bonds is 6. The molecule has 0 saturated heterocycles. The van der Waals surface area contributed by atoms with Crippen LogP contribution in [0.1, 0.15) is 25.2 Å². The molecule has 0 aliphatic carbocycles. The summed E-state index contributed by atoms with van der Waals surface area (Å²) in [7, 11) is 0. The zero-order valence-corrected chi connectivity index (χ0v) is 13.4. The number of carbonyl (C=O) groups is 1. The molecule has 0 aliphatic rings. The van der Waals surface area contributed by atoms with E-state index in [-0.39, 0.29) is 5.91 Å². The van der Waals surface area contributed by atoms with Gasteiger partial charge < -0.3 is 10.2 Å². The average Bonchev–Trinajstić information content (AvgIpc) is 2.87. The summed E-state index contributed by atoms with van der Waals surface area (Å²) in [4.78, 5) is 22.7. The molecule has 0 spiro atoms. The maximum absolute atomic E-state index is 12.0. The van der Waals surface area contributed by atoms with E-state index in [9.17, 15) is 4.79 Å². The molecule has 1 N–H and O–H groups in total. The van der Waals surface area contributed by atoms with E-state index in [1.807, 2.05) is 49.3 Å². The van der Waals surface area contributed by atoms with Crippen molar-refractivity contribution in [2.75, 3.05) is 18.4 Å². The molecule has 2 aromatic heterocycles. The molecule has 0 aliphatic heterocycles. The van der Waals surface area contributed by atoms with Gasteiger partial charge in [0.05, 0.1) is 12.1 Å². The number of hydrogen-bond donors (Lipinski definition) is 1. The highest BCUT2D eigenvalue weighted by Crippen LogP contribution is 2.20. The lowest BCUT2D eigenvalue weighted by molar-refractivity contribution is -0.130. The third-order valence-corrected chi connectivity index (χ3v) is 3.93. The van der Waals surface area contributed by atoms with Gasteiger partial charge in [0.2, 0.25) is 5.91 Å². The molecule has 1 amide bonds. The zero-order valence-electron chi connectivity index (χ0n) is 12.6. The number of carbonyl (C=O) groups excluding carboxylic acids is 1. The quantitative estimate of drug-likeness (QED) is 0.891. The highest BCUT2D eigenvalue weighted by molar-refractivity contribution is 7.13. The lowest BCUT2D eigenvalue weighted by atomic mass is 10.3. The van der Waals surface area contributed by atoms with Crippen molar-refractivity contribution in [1.82, 2.24) is 14.9 Å². The molecule has 2 rings (SSSR count). The van der Waals surface area contributed by atoms with E-state index >= 15 is 0 Å². The predicted octanol–water partition coefficient (Wildman–Crippen LogP) is 3.00. The number of thiazole rings is 1. The first-order valence-corrected chi connectivity index (χ1v) is 7.93. The second kappa shape index (κ2) is 7.17. The van der Waals surface area contributed by atoms with Crippen molar-refractivity contribution in [3.05, 3.63) is 35.0 Å². The molecule has 112 valence electrons. The fourth-order valence-corrected chi connectivity index (χ4v) is 2.73. The van der Waals surface area contributed by atoms with Gasteiger partial charge in [0.1, 0.15) is 5.82 Å². The van der Waals surface area contributed by atoms with E-state index in [0.29, 0.717) is 6.42 Å². The Labute approximate surface area is 129 Å². The SMILES string of the molecule is CCN(CC)C(=O)Cc1csc(Nc2cccc(C)n2)n1. The Kier molecular flexibility index (Phi) is 5.27. The van der Waals surface area contributed by atoms with Crippen LogP contribution in [0, 0.1) is 6.92 Å². The van der Waals surface area contributed by atoms with E-state index in [2.05, 4.69) is 15.3 Å². The summed E-state index contributed by atoms with van der Waals surface area (Å²) in [5.74, 6) is 0.886. The van der Waals surface area contributed by atoms with Crippen LogP contribution in [0.5, 0.6) is 0 Å². The first-order valence-electron chi connectivity index (χ1n) is 7.05. The normalized spacial score (nSPS) is 10.4. The molecule has 0 unspecified atom stereocenters. The Balaban J connectivity index is 2.00. The van der Waals surface area contributed by atoms with Gasteiger partial charge in [-0.2, -0.15) is 0 Å². The number of amides is 1. The van der Waals surface area contributed by atoms with Gasteiger partial charge in [0, 0.05) is 24.2 Å². The van der Waals surface area contributed by atoms with Crippen molar-refractivity contribution in [2.45, 2.75) is 27.2 Å². The van der Waals surface area contributed by atoms with E-state index < -0.39 is 0 Å². The van der Waals surface area contributed by atoms with Gasteiger partial charge in [0.15, 0.2) is 5.13 Å². The smallest absolute Gasteiger partial charge is 0.228 e. The van der Waals surface area contributed by atoms with Crippen LogP contribution in [0.15, 0.2) is 23.6 Å². The molecule has 6 heteroatoms. The first-order chi connectivity index (χ1) is 10.1. The fraction of sp³-hybridized carbons (Fsp3) is 0.400. The predicted molar refractivity (Wildman–Crippen MR) is 86.0 cm³/mol. The summed E-state index contributed by atoms with van der Waals surface area (Å²) in [5.41, 5.74) is 1.75. The topological polar surface area (TPSA) is 58.1 Å². The summed E-state index contributed by atoms with van der Waals surface area (Å²) in [6.45, 7) is 7.38. The minimum absolute atomic E-state index is 0.116. The monoisotopic (exact) mass is 304 g/mol. The molecule has 2 heterocycles. The molecular formula is C15H20N4OS. The lowest BCUT2D eigenvalue weighted by Crippen LogP contribution is -2.31. The van der Waals surface area contributed by atoms with Crippen LogP contribution >= 0.6 is 11.3 Å². The number of aryl methyl sites for hydroxylation is 1. The van der Waals surface area contributed by atoms with Crippen LogP contribution in [-0.2, 0) is 11.2 Å². The number of hydrogen-bond acceptors (Lipinski definition) is 5. The summed E-state index contributed by atoms with van der Waals surface area (Å²) in [6.07, 6.45) is 0.348. The third kappa shape index (κ3) is 4.26. The minimum atomic E-state index is 0.116. The van der Waals surface area contributed by atoms with E-state index in [1.54, 1.807) is 0 Å².